The van der Waals surface area contributed by atoms with Gasteiger partial charge in [-0.15, -0.1) is 5.10 Å². The summed E-state index contributed by atoms with van der Waals surface area (Å²) in [5.41, 5.74) is 1.63. The van der Waals surface area contributed by atoms with Gasteiger partial charge in [-0.05, 0) is 24.5 Å². The van der Waals surface area contributed by atoms with Crippen LogP contribution in [0.2, 0.25) is 0 Å². The van der Waals surface area contributed by atoms with Crippen molar-refractivity contribution in [2.45, 2.75) is 57.1 Å². The second kappa shape index (κ2) is 7.48. The van der Waals surface area contributed by atoms with E-state index in [0.717, 1.165) is 25.0 Å². The van der Waals surface area contributed by atoms with Crippen LogP contribution in [0.25, 0.3) is 0 Å². The number of rotatable bonds is 4. The maximum atomic E-state index is 12.7. The Morgan fingerprint density at radius 3 is 2.77 bits per heavy atom. The normalized spacial score (nSPS) is 20.3. The third-order valence-corrected chi connectivity index (χ3v) is 5.47. The van der Waals surface area contributed by atoms with Gasteiger partial charge in [0.25, 0.3) is 5.91 Å². The van der Waals surface area contributed by atoms with E-state index in [0.29, 0.717) is 18.3 Å². The van der Waals surface area contributed by atoms with Crippen molar-refractivity contribution in [2.24, 2.45) is 0 Å². The zero-order chi connectivity index (χ0) is 17.9. The summed E-state index contributed by atoms with van der Waals surface area (Å²) >= 11 is 0. The van der Waals surface area contributed by atoms with Gasteiger partial charge >= 0.3 is 0 Å². The van der Waals surface area contributed by atoms with Gasteiger partial charge in [-0.1, -0.05) is 49.1 Å². The van der Waals surface area contributed by atoms with Gasteiger partial charge in [0.2, 0.25) is 0 Å². The fraction of sp³-hybridized carbons (Fsp3) is 0.550. The second-order valence-corrected chi connectivity index (χ2v) is 7.47. The number of hydrogen-bond acceptors (Lipinski definition) is 4. The number of ether oxygens (including phenoxy) is 1. The van der Waals surface area contributed by atoms with Gasteiger partial charge in [0.05, 0.1) is 18.8 Å². The van der Waals surface area contributed by atoms with E-state index in [9.17, 15) is 4.79 Å². The molecule has 2 aliphatic rings. The molecule has 1 aromatic carbocycles. The minimum absolute atomic E-state index is 0.00162. The summed E-state index contributed by atoms with van der Waals surface area (Å²) in [5, 5.41) is 8.38. The summed E-state index contributed by atoms with van der Waals surface area (Å²) < 4.78 is 7.84. The van der Waals surface area contributed by atoms with E-state index in [1.54, 1.807) is 11.9 Å². The zero-order valence-electron chi connectivity index (χ0n) is 15.3. The molecule has 1 aromatic heterocycles. The van der Waals surface area contributed by atoms with Crippen LogP contribution >= 0.6 is 0 Å². The predicted octanol–water partition coefficient (Wildman–Crippen LogP) is 3.25. The van der Waals surface area contributed by atoms with Crippen LogP contribution < -0.4 is 4.74 Å². The maximum absolute atomic E-state index is 12.7. The highest BCUT2D eigenvalue weighted by Crippen LogP contribution is 2.29. The highest BCUT2D eigenvalue weighted by atomic mass is 16.5. The van der Waals surface area contributed by atoms with Gasteiger partial charge in [0.15, 0.2) is 5.69 Å². The molecule has 1 aliphatic carbocycles. The van der Waals surface area contributed by atoms with Crippen LogP contribution in [0.3, 0.4) is 0 Å². The molecule has 0 bridgehead atoms. The average Bonchev–Trinajstić information content (AvgIpc) is 3.20. The molecule has 1 aliphatic heterocycles. The van der Waals surface area contributed by atoms with Crippen LogP contribution in [-0.2, 0) is 6.42 Å². The largest absolute Gasteiger partial charge is 0.488 e. The standard InChI is InChI=1S/C20H26N4O2/c1-23(13-17-12-15-8-6-7-11-19(15)26-17)20(25)18-14-24(22-21-18)16-9-4-2-3-5-10-16/h6-8,11,14,16-17H,2-5,9-10,12-13H2,1H3/t17-/m1/s1. The van der Waals surface area contributed by atoms with Crippen LogP contribution in [-0.4, -0.2) is 45.5 Å². The lowest BCUT2D eigenvalue weighted by molar-refractivity contribution is 0.0724. The lowest BCUT2D eigenvalue weighted by atomic mass is 10.1. The molecule has 0 saturated heterocycles. The van der Waals surface area contributed by atoms with Crippen molar-refractivity contribution in [1.29, 1.82) is 0 Å². The van der Waals surface area contributed by atoms with Gasteiger partial charge in [0, 0.05) is 13.5 Å². The van der Waals surface area contributed by atoms with Crippen molar-refractivity contribution in [2.75, 3.05) is 13.6 Å². The lowest BCUT2D eigenvalue weighted by Crippen LogP contribution is -2.36. The van der Waals surface area contributed by atoms with Crippen molar-refractivity contribution < 1.29 is 9.53 Å². The Hall–Kier alpha value is -2.37. The van der Waals surface area contributed by atoms with E-state index >= 15 is 0 Å². The Morgan fingerprint density at radius 2 is 2.00 bits per heavy atom. The molecular weight excluding hydrogens is 328 g/mol. The third-order valence-electron chi connectivity index (χ3n) is 5.47. The first-order valence-corrected chi connectivity index (χ1v) is 9.62. The van der Waals surface area contributed by atoms with E-state index in [4.69, 9.17) is 4.74 Å². The number of amides is 1. The second-order valence-electron chi connectivity index (χ2n) is 7.47. The van der Waals surface area contributed by atoms with E-state index in [-0.39, 0.29) is 12.0 Å². The molecule has 26 heavy (non-hydrogen) atoms. The predicted molar refractivity (Wildman–Crippen MR) is 98.3 cm³/mol. The smallest absolute Gasteiger partial charge is 0.275 e. The Kier molecular flexibility index (Phi) is 4.91. The number of carbonyl (C=O) groups excluding carboxylic acids is 1. The summed E-state index contributed by atoms with van der Waals surface area (Å²) in [6.45, 7) is 0.545. The van der Waals surface area contributed by atoms with E-state index in [2.05, 4.69) is 16.4 Å². The summed E-state index contributed by atoms with van der Waals surface area (Å²) in [7, 11) is 1.80. The fourth-order valence-electron chi connectivity index (χ4n) is 4.02. The number of likely N-dealkylation sites (N-methyl/N-ethyl adjacent to an activating group) is 1. The molecule has 0 spiro atoms. The Morgan fingerprint density at radius 1 is 1.23 bits per heavy atom. The molecule has 1 saturated carbocycles. The van der Waals surface area contributed by atoms with E-state index in [1.807, 2.05) is 29.1 Å². The molecule has 2 aromatic rings. The van der Waals surface area contributed by atoms with Gasteiger partial charge in [-0.2, -0.15) is 0 Å². The third kappa shape index (κ3) is 3.59. The first kappa shape index (κ1) is 17.1. The minimum Gasteiger partial charge on any atom is -0.488 e. The van der Waals surface area contributed by atoms with Crippen molar-refractivity contribution in [3.8, 4) is 5.75 Å². The van der Waals surface area contributed by atoms with Crippen molar-refractivity contribution in [3.63, 3.8) is 0 Å². The molecule has 0 N–H and O–H groups in total. The maximum Gasteiger partial charge on any atom is 0.275 e. The van der Waals surface area contributed by atoms with Gasteiger partial charge < -0.3 is 9.64 Å². The number of nitrogens with zero attached hydrogens (tertiary/aromatic N) is 4. The van der Waals surface area contributed by atoms with Crippen molar-refractivity contribution in [3.05, 3.63) is 41.7 Å². The topological polar surface area (TPSA) is 60.2 Å². The van der Waals surface area contributed by atoms with Crippen LogP contribution in [0.15, 0.2) is 30.5 Å². The molecule has 4 rings (SSSR count). The fourth-order valence-corrected chi connectivity index (χ4v) is 4.02. The number of para-hydroxylation sites is 1. The molecule has 1 atom stereocenters. The van der Waals surface area contributed by atoms with Crippen LogP contribution in [0.1, 0.15) is 60.6 Å². The van der Waals surface area contributed by atoms with E-state index < -0.39 is 0 Å². The number of hydrogen-bond donors (Lipinski definition) is 0. The number of carbonyl (C=O) groups is 1. The molecule has 2 heterocycles. The molecule has 6 nitrogen and oxygen atoms in total. The highest BCUT2D eigenvalue weighted by Gasteiger charge is 2.27. The van der Waals surface area contributed by atoms with Crippen molar-refractivity contribution in [1.82, 2.24) is 19.9 Å². The Balaban J connectivity index is 1.37. The average molecular weight is 354 g/mol. The van der Waals surface area contributed by atoms with Crippen LogP contribution in [0.4, 0.5) is 0 Å². The molecule has 1 amide bonds. The minimum atomic E-state index is -0.0931. The zero-order valence-corrected chi connectivity index (χ0v) is 15.3. The summed E-state index contributed by atoms with van der Waals surface area (Å²) in [6, 6.07) is 8.43. The van der Waals surface area contributed by atoms with Gasteiger partial charge in [0.1, 0.15) is 11.9 Å². The molecule has 0 unspecified atom stereocenters. The Labute approximate surface area is 154 Å². The molecular formula is C20H26N4O2. The van der Waals surface area contributed by atoms with Crippen molar-refractivity contribution >= 4 is 5.91 Å². The molecule has 1 fully saturated rings. The van der Waals surface area contributed by atoms with Crippen LogP contribution in [0, 0.1) is 0 Å². The summed E-state index contributed by atoms with van der Waals surface area (Å²) in [4.78, 5) is 14.4. The number of fused-ring (bicyclic) bond motifs is 1. The van der Waals surface area contributed by atoms with Crippen LogP contribution in [0.5, 0.6) is 5.75 Å². The molecule has 138 valence electrons. The number of aromatic nitrogens is 3. The van der Waals surface area contributed by atoms with E-state index in [1.165, 1.54) is 31.2 Å². The highest BCUT2D eigenvalue weighted by molar-refractivity contribution is 5.91. The number of benzene rings is 1. The SMILES string of the molecule is CN(C[C@H]1Cc2ccccc2O1)C(=O)c1cn(C2CCCCCC2)nn1. The lowest BCUT2D eigenvalue weighted by Gasteiger charge is -2.20. The quantitative estimate of drug-likeness (QED) is 0.791. The summed E-state index contributed by atoms with van der Waals surface area (Å²) in [5.74, 6) is 0.835. The summed E-state index contributed by atoms with van der Waals surface area (Å²) in [6.07, 6.45) is 9.95. The molecule has 0 radical (unpaired) electrons. The monoisotopic (exact) mass is 354 g/mol. The molecule has 6 heteroatoms. The van der Waals surface area contributed by atoms with Gasteiger partial charge in [-0.3, -0.25) is 4.79 Å². The first-order chi connectivity index (χ1) is 12.7. The Bertz CT molecular complexity index is 740. The van der Waals surface area contributed by atoms with Gasteiger partial charge in [-0.25, -0.2) is 4.68 Å². The first-order valence-electron chi connectivity index (χ1n) is 9.62.